The average molecular weight is 353 g/mol. The van der Waals surface area contributed by atoms with E-state index in [2.05, 4.69) is 5.32 Å². The van der Waals surface area contributed by atoms with E-state index in [9.17, 15) is 23.3 Å². The first-order chi connectivity index (χ1) is 10.7. The molecule has 0 heterocycles. The van der Waals surface area contributed by atoms with Crippen molar-refractivity contribution < 1.29 is 23.2 Å². The highest BCUT2D eigenvalue weighted by molar-refractivity contribution is 6.31. The first-order valence-electron chi connectivity index (χ1n) is 7.08. The molecule has 0 atom stereocenters. The second-order valence-electron chi connectivity index (χ2n) is 5.78. The Labute approximate surface area is 135 Å². The lowest BCUT2D eigenvalue weighted by molar-refractivity contribution is -0.384. The van der Waals surface area contributed by atoms with Crippen molar-refractivity contribution in [1.29, 1.82) is 0 Å². The standard InChI is InChI=1S/C14H16ClF3N2O3/c15-10-7-11(19-8-13(4-5-21)2-1-3-13)12(20(22)23)6-9(10)14(16,17)18/h6-7,19,21H,1-5,8H2. The molecule has 1 fully saturated rings. The number of anilines is 1. The van der Waals surface area contributed by atoms with E-state index in [-0.39, 0.29) is 17.7 Å². The van der Waals surface area contributed by atoms with Crippen LogP contribution in [0.15, 0.2) is 12.1 Å². The van der Waals surface area contributed by atoms with Gasteiger partial charge < -0.3 is 10.4 Å². The van der Waals surface area contributed by atoms with Gasteiger partial charge in [-0.1, -0.05) is 18.0 Å². The van der Waals surface area contributed by atoms with Gasteiger partial charge in [-0.15, -0.1) is 0 Å². The van der Waals surface area contributed by atoms with Gasteiger partial charge in [0.1, 0.15) is 5.69 Å². The number of nitrogens with one attached hydrogen (secondary N) is 1. The number of nitro groups is 1. The molecule has 0 amide bonds. The molecule has 1 aromatic carbocycles. The number of nitrogens with zero attached hydrogens (tertiary/aromatic N) is 1. The number of halogens is 4. The van der Waals surface area contributed by atoms with Gasteiger partial charge in [0, 0.05) is 19.2 Å². The molecule has 128 valence electrons. The van der Waals surface area contributed by atoms with E-state index in [0.717, 1.165) is 25.3 Å². The molecule has 1 saturated carbocycles. The third-order valence-electron chi connectivity index (χ3n) is 4.30. The molecular weight excluding hydrogens is 337 g/mol. The third-order valence-corrected chi connectivity index (χ3v) is 4.61. The van der Waals surface area contributed by atoms with Gasteiger partial charge in [0.15, 0.2) is 0 Å². The zero-order chi connectivity index (χ0) is 17.3. The molecule has 23 heavy (non-hydrogen) atoms. The summed E-state index contributed by atoms with van der Waals surface area (Å²) in [5, 5.41) is 22.4. The fourth-order valence-corrected chi connectivity index (χ4v) is 3.05. The van der Waals surface area contributed by atoms with Crippen molar-refractivity contribution in [2.45, 2.75) is 31.9 Å². The van der Waals surface area contributed by atoms with E-state index >= 15 is 0 Å². The summed E-state index contributed by atoms with van der Waals surface area (Å²) < 4.78 is 38.4. The van der Waals surface area contributed by atoms with Crippen molar-refractivity contribution in [2.24, 2.45) is 5.41 Å². The first kappa shape index (κ1) is 17.8. The molecule has 1 aromatic rings. The molecule has 0 aliphatic heterocycles. The molecule has 1 aliphatic rings. The van der Waals surface area contributed by atoms with Gasteiger partial charge in [-0.05, 0) is 30.7 Å². The van der Waals surface area contributed by atoms with E-state index in [0.29, 0.717) is 19.0 Å². The van der Waals surface area contributed by atoms with E-state index in [1.807, 2.05) is 0 Å². The van der Waals surface area contributed by atoms with Crippen LogP contribution in [0.4, 0.5) is 24.5 Å². The second-order valence-corrected chi connectivity index (χ2v) is 6.19. The van der Waals surface area contributed by atoms with Gasteiger partial charge in [-0.2, -0.15) is 13.2 Å². The Morgan fingerprint density at radius 1 is 1.39 bits per heavy atom. The Morgan fingerprint density at radius 2 is 2.04 bits per heavy atom. The van der Waals surface area contributed by atoms with Crippen LogP contribution in [0.2, 0.25) is 5.02 Å². The smallest absolute Gasteiger partial charge is 0.396 e. The maximum Gasteiger partial charge on any atom is 0.418 e. The number of alkyl halides is 3. The van der Waals surface area contributed by atoms with Gasteiger partial charge in [-0.25, -0.2) is 0 Å². The number of benzene rings is 1. The summed E-state index contributed by atoms with van der Waals surface area (Å²) in [7, 11) is 0. The number of hydrogen-bond donors (Lipinski definition) is 2. The summed E-state index contributed by atoms with van der Waals surface area (Å²) >= 11 is 5.63. The summed E-state index contributed by atoms with van der Waals surface area (Å²) in [5.74, 6) is 0. The average Bonchev–Trinajstić information content (AvgIpc) is 2.39. The summed E-state index contributed by atoms with van der Waals surface area (Å²) in [6.07, 6.45) is -1.49. The third kappa shape index (κ3) is 3.87. The largest absolute Gasteiger partial charge is 0.418 e. The second kappa shape index (κ2) is 6.52. The molecule has 0 radical (unpaired) electrons. The number of hydrogen-bond acceptors (Lipinski definition) is 4. The van der Waals surface area contributed by atoms with E-state index < -0.39 is 27.4 Å². The molecule has 0 unspecified atom stereocenters. The summed E-state index contributed by atoms with van der Waals surface area (Å²) in [6, 6.07) is 1.39. The van der Waals surface area contributed by atoms with Gasteiger partial charge >= 0.3 is 6.18 Å². The van der Waals surface area contributed by atoms with Gasteiger partial charge in [-0.3, -0.25) is 10.1 Å². The number of aliphatic hydroxyl groups excluding tert-OH is 1. The van der Waals surface area contributed by atoms with Crippen molar-refractivity contribution in [3.8, 4) is 0 Å². The predicted molar refractivity (Wildman–Crippen MR) is 79.6 cm³/mol. The van der Waals surface area contributed by atoms with Crippen LogP contribution in [-0.4, -0.2) is 23.2 Å². The van der Waals surface area contributed by atoms with Crippen LogP contribution in [0.25, 0.3) is 0 Å². The van der Waals surface area contributed by atoms with Crippen molar-refractivity contribution in [3.05, 3.63) is 32.8 Å². The lowest BCUT2D eigenvalue weighted by Gasteiger charge is -2.42. The lowest BCUT2D eigenvalue weighted by atomic mass is 9.67. The van der Waals surface area contributed by atoms with Crippen molar-refractivity contribution >= 4 is 23.0 Å². The monoisotopic (exact) mass is 352 g/mol. The molecule has 5 nitrogen and oxygen atoms in total. The molecule has 0 bridgehead atoms. The molecule has 0 saturated heterocycles. The van der Waals surface area contributed by atoms with Crippen molar-refractivity contribution in [3.63, 3.8) is 0 Å². The van der Waals surface area contributed by atoms with Crippen LogP contribution >= 0.6 is 11.6 Å². The zero-order valence-corrected chi connectivity index (χ0v) is 12.9. The Balaban J connectivity index is 2.27. The minimum absolute atomic E-state index is 0.00244. The molecule has 2 N–H and O–H groups in total. The minimum Gasteiger partial charge on any atom is -0.396 e. The number of aliphatic hydroxyl groups is 1. The molecular formula is C14H16ClF3N2O3. The highest BCUT2D eigenvalue weighted by atomic mass is 35.5. The Bertz CT molecular complexity index is 604. The summed E-state index contributed by atoms with van der Waals surface area (Å²) in [5.41, 5.74) is -2.11. The Morgan fingerprint density at radius 3 is 2.48 bits per heavy atom. The molecule has 9 heteroatoms. The summed E-state index contributed by atoms with van der Waals surface area (Å²) in [6.45, 7) is 0.341. The van der Waals surface area contributed by atoms with Crippen molar-refractivity contribution in [2.75, 3.05) is 18.5 Å². The summed E-state index contributed by atoms with van der Waals surface area (Å²) in [4.78, 5) is 10.2. The van der Waals surface area contributed by atoms with E-state index in [1.54, 1.807) is 0 Å². The highest BCUT2D eigenvalue weighted by Gasteiger charge is 2.38. The quantitative estimate of drug-likeness (QED) is 0.593. The molecule has 2 rings (SSSR count). The van der Waals surface area contributed by atoms with Crippen LogP contribution in [0, 0.1) is 15.5 Å². The van der Waals surface area contributed by atoms with E-state index in [4.69, 9.17) is 16.7 Å². The zero-order valence-electron chi connectivity index (χ0n) is 12.1. The fourth-order valence-electron chi connectivity index (χ4n) is 2.78. The van der Waals surface area contributed by atoms with Gasteiger partial charge in [0.05, 0.1) is 15.5 Å². The van der Waals surface area contributed by atoms with Crippen LogP contribution < -0.4 is 5.32 Å². The first-order valence-corrected chi connectivity index (χ1v) is 7.46. The number of nitro benzene ring substituents is 1. The van der Waals surface area contributed by atoms with Crippen LogP contribution in [-0.2, 0) is 6.18 Å². The Hall–Kier alpha value is -1.54. The fraction of sp³-hybridized carbons (Fsp3) is 0.571. The maximum atomic E-state index is 12.8. The molecule has 0 aromatic heterocycles. The Kier molecular flexibility index (Phi) is 5.05. The number of rotatable bonds is 6. The minimum atomic E-state index is -4.76. The predicted octanol–water partition coefficient (Wildman–Crippen LogP) is 4.23. The SMILES string of the molecule is O=[N+]([O-])c1cc(C(F)(F)F)c(Cl)cc1NCC1(CCO)CCC1. The van der Waals surface area contributed by atoms with Crippen LogP contribution in [0.3, 0.4) is 0 Å². The molecule has 1 aliphatic carbocycles. The highest BCUT2D eigenvalue weighted by Crippen LogP contribution is 2.45. The topological polar surface area (TPSA) is 75.4 Å². The van der Waals surface area contributed by atoms with Crippen LogP contribution in [0.5, 0.6) is 0 Å². The van der Waals surface area contributed by atoms with Gasteiger partial charge in [0.2, 0.25) is 0 Å². The molecule has 0 spiro atoms. The maximum absolute atomic E-state index is 12.8. The van der Waals surface area contributed by atoms with Crippen LogP contribution in [0.1, 0.15) is 31.2 Å². The lowest BCUT2D eigenvalue weighted by Crippen LogP contribution is -2.37. The van der Waals surface area contributed by atoms with Gasteiger partial charge in [0.25, 0.3) is 5.69 Å². The van der Waals surface area contributed by atoms with E-state index in [1.165, 1.54) is 0 Å². The normalized spacial score (nSPS) is 16.7. The van der Waals surface area contributed by atoms with Crippen molar-refractivity contribution in [1.82, 2.24) is 0 Å².